The van der Waals surface area contributed by atoms with Gasteiger partial charge in [-0.3, -0.25) is 4.79 Å². The molecule has 0 aliphatic heterocycles. The molecule has 88 valence electrons. The number of aliphatic hydroxyl groups is 2. The summed E-state index contributed by atoms with van der Waals surface area (Å²) in [5, 5.41) is 27.8. The summed E-state index contributed by atoms with van der Waals surface area (Å²) in [4.78, 5) is 10.4. The number of carboxylic acid groups (broad SMARTS) is 1. The summed E-state index contributed by atoms with van der Waals surface area (Å²) in [7, 11) is 0. The highest BCUT2D eigenvalue weighted by atomic mass is 16.4. The van der Waals surface area contributed by atoms with Crippen LogP contribution in [-0.4, -0.2) is 27.4 Å². The lowest BCUT2D eigenvalue weighted by Gasteiger charge is -2.19. The predicted molar refractivity (Wildman–Crippen MR) is 58.8 cm³/mol. The number of aliphatic carboxylic acids is 1. The van der Waals surface area contributed by atoms with Gasteiger partial charge in [-0.25, -0.2) is 0 Å². The van der Waals surface area contributed by atoms with Crippen LogP contribution in [0.15, 0.2) is 18.2 Å². The molecule has 1 aromatic carbocycles. The van der Waals surface area contributed by atoms with Crippen LogP contribution in [0.1, 0.15) is 23.7 Å². The first-order valence-corrected chi connectivity index (χ1v) is 4.86. The van der Waals surface area contributed by atoms with E-state index in [4.69, 9.17) is 10.8 Å². The molecule has 0 amide bonds. The smallest absolute Gasteiger partial charge is 0.306 e. The zero-order valence-corrected chi connectivity index (χ0v) is 8.92. The molecule has 5 N–H and O–H groups in total. The maximum Gasteiger partial charge on any atom is 0.306 e. The zero-order valence-electron chi connectivity index (χ0n) is 8.92. The Balaban J connectivity index is 2.91. The van der Waals surface area contributed by atoms with Crippen molar-refractivity contribution in [2.24, 2.45) is 0 Å². The van der Waals surface area contributed by atoms with Gasteiger partial charge in [-0.1, -0.05) is 12.1 Å². The summed E-state index contributed by atoms with van der Waals surface area (Å²) in [6, 6.07) is 4.94. The van der Waals surface area contributed by atoms with Crippen molar-refractivity contribution in [2.75, 3.05) is 5.73 Å². The van der Waals surface area contributed by atoms with Gasteiger partial charge in [0.15, 0.2) is 0 Å². The molecule has 0 saturated carbocycles. The molecule has 2 unspecified atom stereocenters. The maximum absolute atomic E-state index is 10.4. The SMILES string of the molecule is Cc1c(N)cccc1C(O)C(O)CC(=O)O. The number of nitrogen functional groups attached to an aromatic ring is 1. The lowest BCUT2D eigenvalue weighted by atomic mass is 9.97. The number of rotatable bonds is 4. The van der Waals surface area contributed by atoms with Crippen molar-refractivity contribution in [3.05, 3.63) is 29.3 Å². The molecule has 16 heavy (non-hydrogen) atoms. The molecule has 0 spiro atoms. The van der Waals surface area contributed by atoms with E-state index < -0.39 is 24.6 Å². The van der Waals surface area contributed by atoms with Crippen LogP contribution in [-0.2, 0) is 4.79 Å². The highest BCUT2D eigenvalue weighted by molar-refractivity contribution is 5.67. The average Bonchev–Trinajstić information content (AvgIpc) is 2.20. The van der Waals surface area contributed by atoms with Crippen LogP contribution in [0.25, 0.3) is 0 Å². The monoisotopic (exact) mass is 225 g/mol. The molecule has 0 aliphatic rings. The number of hydrogen-bond acceptors (Lipinski definition) is 4. The molecule has 5 nitrogen and oxygen atoms in total. The van der Waals surface area contributed by atoms with Crippen molar-refractivity contribution in [3.63, 3.8) is 0 Å². The van der Waals surface area contributed by atoms with Gasteiger partial charge in [-0.15, -0.1) is 0 Å². The number of carboxylic acids is 1. The molecular weight excluding hydrogens is 210 g/mol. The summed E-state index contributed by atoms with van der Waals surface area (Å²) in [5.74, 6) is -1.16. The summed E-state index contributed by atoms with van der Waals surface area (Å²) in [6.07, 6.45) is -3.08. The van der Waals surface area contributed by atoms with Gasteiger partial charge in [0.05, 0.1) is 12.5 Å². The fourth-order valence-electron chi connectivity index (χ4n) is 1.49. The molecule has 1 rings (SSSR count). The fourth-order valence-corrected chi connectivity index (χ4v) is 1.49. The quantitative estimate of drug-likeness (QED) is 0.557. The molecule has 0 saturated heterocycles. The molecular formula is C11H15NO4. The van der Waals surface area contributed by atoms with Crippen molar-refractivity contribution in [1.82, 2.24) is 0 Å². The topological polar surface area (TPSA) is 104 Å². The molecule has 0 heterocycles. The highest BCUT2D eigenvalue weighted by Gasteiger charge is 2.22. The minimum Gasteiger partial charge on any atom is -0.481 e. The van der Waals surface area contributed by atoms with Gasteiger partial charge in [0.1, 0.15) is 6.10 Å². The highest BCUT2D eigenvalue weighted by Crippen LogP contribution is 2.25. The van der Waals surface area contributed by atoms with Gasteiger partial charge >= 0.3 is 5.97 Å². The first-order valence-electron chi connectivity index (χ1n) is 4.86. The number of anilines is 1. The molecule has 0 radical (unpaired) electrons. The number of nitrogens with two attached hydrogens (primary N) is 1. The number of hydrogen-bond donors (Lipinski definition) is 4. The van der Waals surface area contributed by atoms with Crippen molar-refractivity contribution >= 4 is 11.7 Å². The van der Waals surface area contributed by atoms with Crippen molar-refractivity contribution < 1.29 is 20.1 Å². The van der Waals surface area contributed by atoms with E-state index in [-0.39, 0.29) is 0 Å². The Hall–Kier alpha value is -1.59. The third-order valence-electron chi connectivity index (χ3n) is 2.48. The average molecular weight is 225 g/mol. The van der Waals surface area contributed by atoms with Crippen LogP contribution >= 0.6 is 0 Å². The van der Waals surface area contributed by atoms with E-state index in [1.54, 1.807) is 25.1 Å². The van der Waals surface area contributed by atoms with Crippen molar-refractivity contribution in [3.8, 4) is 0 Å². The molecule has 5 heteroatoms. The third kappa shape index (κ3) is 2.71. The van der Waals surface area contributed by atoms with E-state index in [9.17, 15) is 15.0 Å². The Morgan fingerprint density at radius 2 is 2.06 bits per heavy atom. The molecule has 0 aromatic heterocycles. The second-order valence-corrected chi connectivity index (χ2v) is 3.67. The maximum atomic E-state index is 10.4. The van der Waals surface area contributed by atoms with Gasteiger partial charge < -0.3 is 21.1 Å². The lowest BCUT2D eigenvalue weighted by Crippen LogP contribution is -2.22. The molecule has 0 bridgehead atoms. The predicted octanol–water partition coefficient (Wildman–Crippen LogP) is 0.446. The summed E-state index contributed by atoms with van der Waals surface area (Å²) in [6.45, 7) is 1.71. The first-order chi connectivity index (χ1) is 7.43. The lowest BCUT2D eigenvalue weighted by molar-refractivity contribution is -0.141. The minimum atomic E-state index is -1.34. The number of benzene rings is 1. The second-order valence-electron chi connectivity index (χ2n) is 3.67. The van der Waals surface area contributed by atoms with E-state index in [1.807, 2.05) is 0 Å². The summed E-state index contributed by atoms with van der Waals surface area (Å²) < 4.78 is 0. The second kappa shape index (κ2) is 4.96. The van der Waals surface area contributed by atoms with Crippen molar-refractivity contribution in [2.45, 2.75) is 25.6 Å². The largest absolute Gasteiger partial charge is 0.481 e. The Labute approximate surface area is 93.1 Å². The number of carbonyl (C=O) groups is 1. The van der Waals surface area contributed by atoms with Gasteiger partial charge in [0.25, 0.3) is 0 Å². The van der Waals surface area contributed by atoms with E-state index in [1.165, 1.54) is 0 Å². The number of aliphatic hydroxyl groups excluding tert-OH is 2. The molecule has 0 aliphatic carbocycles. The van der Waals surface area contributed by atoms with Gasteiger partial charge in [0, 0.05) is 5.69 Å². The molecule has 0 fully saturated rings. The Bertz CT molecular complexity index is 392. The van der Waals surface area contributed by atoms with Crippen LogP contribution < -0.4 is 5.73 Å². The van der Waals surface area contributed by atoms with E-state index >= 15 is 0 Å². The van der Waals surface area contributed by atoms with Crippen LogP contribution in [0, 0.1) is 6.92 Å². The van der Waals surface area contributed by atoms with Crippen molar-refractivity contribution in [1.29, 1.82) is 0 Å². The minimum absolute atomic E-state index is 0.453. The third-order valence-corrected chi connectivity index (χ3v) is 2.48. The molecule has 2 atom stereocenters. The van der Waals surface area contributed by atoms with Crippen LogP contribution in [0.4, 0.5) is 5.69 Å². The Morgan fingerprint density at radius 1 is 1.44 bits per heavy atom. The Kier molecular flexibility index (Phi) is 3.87. The fraction of sp³-hybridized carbons (Fsp3) is 0.364. The van der Waals surface area contributed by atoms with E-state index in [0.717, 1.165) is 0 Å². The van der Waals surface area contributed by atoms with E-state index in [2.05, 4.69) is 0 Å². The van der Waals surface area contributed by atoms with Crippen LogP contribution in [0.2, 0.25) is 0 Å². The zero-order chi connectivity index (χ0) is 12.3. The Morgan fingerprint density at radius 3 is 2.62 bits per heavy atom. The van der Waals surface area contributed by atoms with Crippen LogP contribution in [0.5, 0.6) is 0 Å². The summed E-state index contributed by atoms with van der Waals surface area (Å²) in [5.41, 5.74) is 7.25. The van der Waals surface area contributed by atoms with Gasteiger partial charge in [0.2, 0.25) is 0 Å². The summed E-state index contributed by atoms with van der Waals surface area (Å²) >= 11 is 0. The standard InChI is InChI=1S/C11H15NO4/c1-6-7(3-2-4-8(6)12)11(16)9(13)5-10(14)15/h2-4,9,11,13,16H,5,12H2,1H3,(H,14,15). The normalized spacial score (nSPS) is 14.4. The van der Waals surface area contributed by atoms with Crippen LogP contribution in [0.3, 0.4) is 0 Å². The van der Waals surface area contributed by atoms with Gasteiger partial charge in [-0.2, -0.15) is 0 Å². The molecule has 1 aromatic rings. The van der Waals surface area contributed by atoms with Gasteiger partial charge in [-0.05, 0) is 24.1 Å². The van der Waals surface area contributed by atoms with E-state index in [0.29, 0.717) is 16.8 Å². The first kappa shape index (κ1) is 12.5.